The van der Waals surface area contributed by atoms with Crippen LogP contribution in [0.3, 0.4) is 0 Å². The Kier molecular flexibility index (Phi) is 4.60. The summed E-state index contributed by atoms with van der Waals surface area (Å²) < 4.78 is 0. The lowest BCUT2D eigenvalue weighted by Gasteiger charge is -2.16. The summed E-state index contributed by atoms with van der Waals surface area (Å²) in [6, 6.07) is 11.3. The van der Waals surface area contributed by atoms with Gasteiger partial charge in [0.1, 0.15) is 0 Å². The maximum Gasteiger partial charge on any atom is 0.375 e. The molecular formula is C17H19NO3. The molecular weight excluding hydrogens is 266 g/mol. The van der Waals surface area contributed by atoms with E-state index in [0.717, 1.165) is 16.8 Å². The average Bonchev–Trinajstić information content (AvgIpc) is 2.48. The minimum absolute atomic E-state index is 0.430. The molecule has 2 aromatic rings. The van der Waals surface area contributed by atoms with Crippen molar-refractivity contribution in [1.29, 1.82) is 0 Å². The summed E-state index contributed by atoms with van der Waals surface area (Å²) in [6.07, 6.45) is 0. The van der Waals surface area contributed by atoms with Gasteiger partial charge in [-0.2, -0.15) is 4.89 Å². The molecule has 0 saturated carbocycles. The predicted molar refractivity (Wildman–Crippen MR) is 82.8 cm³/mol. The highest BCUT2D eigenvalue weighted by Crippen LogP contribution is 2.28. The zero-order valence-corrected chi connectivity index (χ0v) is 12.7. The lowest BCUT2D eigenvalue weighted by molar-refractivity contribution is -0.216. The molecule has 1 N–H and O–H groups in total. The molecule has 0 amide bonds. The number of hydrogen-bond donors (Lipinski definition) is 1. The molecule has 0 bridgehead atoms. The summed E-state index contributed by atoms with van der Waals surface area (Å²) in [7, 11) is 1.31. The molecule has 21 heavy (non-hydrogen) atoms. The summed E-state index contributed by atoms with van der Waals surface area (Å²) >= 11 is 0. The van der Waals surface area contributed by atoms with Crippen molar-refractivity contribution in [2.24, 2.45) is 0 Å². The fraction of sp³-hybridized carbons (Fsp3) is 0.235. The standard InChI is InChI=1S/C17H19NO3/c1-11-9-10-12(2)16(13(11)3)18-15-8-6-5-7-14(15)17(19)21-20-4/h5-10,18H,1-4H3. The molecule has 0 aliphatic rings. The molecule has 0 radical (unpaired) electrons. The second kappa shape index (κ2) is 6.41. The summed E-state index contributed by atoms with van der Waals surface area (Å²) in [5.41, 5.74) is 5.60. The molecule has 0 saturated heterocycles. The second-order valence-corrected chi connectivity index (χ2v) is 4.91. The molecule has 0 aliphatic heterocycles. The van der Waals surface area contributed by atoms with Gasteiger partial charge in [-0.1, -0.05) is 24.3 Å². The highest BCUT2D eigenvalue weighted by atomic mass is 17.2. The van der Waals surface area contributed by atoms with Crippen LogP contribution in [0.15, 0.2) is 36.4 Å². The Morgan fingerprint density at radius 1 is 1.00 bits per heavy atom. The Balaban J connectivity index is 2.41. The van der Waals surface area contributed by atoms with E-state index in [1.54, 1.807) is 12.1 Å². The molecule has 4 heteroatoms. The number of aryl methyl sites for hydroxylation is 2. The maximum absolute atomic E-state index is 11.9. The van der Waals surface area contributed by atoms with Gasteiger partial charge in [0.15, 0.2) is 0 Å². The summed E-state index contributed by atoms with van der Waals surface area (Å²) in [5, 5.41) is 3.33. The molecule has 0 atom stereocenters. The van der Waals surface area contributed by atoms with Gasteiger partial charge < -0.3 is 5.32 Å². The van der Waals surface area contributed by atoms with E-state index in [1.807, 2.05) is 19.1 Å². The van der Waals surface area contributed by atoms with E-state index in [9.17, 15) is 4.79 Å². The van der Waals surface area contributed by atoms with Crippen LogP contribution in [-0.2, 0) is 9.78 Å². The molecule has 0 unspecified atom stereocenters. The van der Waals surface area contributed by atoms with Gasteiger partial charge in [0.05, 0.1) is 18.4 Å². The molecule has 0 aromatic heterocycles. The molecule has 0 aliphatic carbocycles. The number of para-hydroxylation sites is 1. The van der Waals surface area contributed by atoms with Gasteiger partial charge in [0.2, 0.25) is 0 Å². The molecule has 2 rings (SSSR count). The van der Waals surface area contributed by atoms with E-state index in [4.69, 9.17) is 0 Å². The SMILES string of the molecule is COOC(=O)c1ccccc1Nc1c(C)ccc(C)c1C. The van der Waals surface area contributed by atoms with Crippen molar-refractivity contribution in [1.82, 2.24) is 0 Å². The molecule has 110 valence electrons. The van der Waals surface area contributed by atoms with E-state index in [0.29, 0.717) is 11.3 Å². The van der Waals surface area contributed by atoms with Crippen LogP contribution >= 0.6 is 0 Å². The normalized spacial score (nSPS) is 10.3. The fourth-order valence-electron chi connectivity index (χ4n) is 2.17. The number of rotatable bonds is 4. The molecule has 0 heterocycles. The van der Waals surface area contributed by atoms with Crippen molar-refractivity contribution in [3.63, 3.8) is 0 Å². The third-order valence-corrected chi connectivity index (χ3v) is 3.51. The minimum Gasteiger partial charge on any atom is -0.354 e. The molecule has 2 aromatic carbocycles. The maximum atomic E-state index is 11.9. The van der Waals surface area contributed by atoms with Crippen molar-refractivity contribution < 1.29 is 14.6 Å². The van der Waals surface area contributed by atoms with Crippen molar-refractivity contribution in [2.45, 2.75) is 20.8 Å². The molecule has 0 fully saturated rings. The van der Waals surface area contributed by atoms with Gasteiger partial charge in [-0.15, -0.1) is 0 Å². The van der Waals surface area contributed by atoms with E-state index in [-0.39, 0.29) is 0 Å². The predicted octanol–water partition coefficient (Wildman–Crippen LogP) is 4.07. The van der Waals surface area contributed by atoms with Crippen LogP contribution < -0.4 is 5.32 Å². The third kappa shape index (κ3) is 3.23. The summed E-state index contributed by atoms with van der Waals surface area (Å²) in [5.74, 6) is -0.524. The number of nitrogens with one attached hydrogen (secondary N) is 1. The van der Waals surface area contributed by atoms with Crippen LogP contribution in [-0.4, -0.2) is 13.1 Å². The van der Waals surface area contributed by atoms with Crippen molar-refractivity contribution in [3.8, 4) is 0 Å². The third-order valence-electron chi connectivity index (χ3n) is 3.51. The van der Waals surface area contributed by atoms with Crippen LogP contribution in [0.25, 0.3) is 0 Å². The number of anilines is 2. The van der Waals surface area contributed by atoms with Crippen LogP contribution in [0.5, 0.6) is 0 Å². The highest BCUT2D eigenvalue weighted by molar-refractivity contribution is 5.96. The van der Waals surface area contributed by atoms with Crippen molar-refractivity contribution >= 4 is 17.3 Å². The van der Waals surface area contributed by atoms with Gasteiger partial charge >= 0.3 is 5.97 Å². The van der Waals surface area contributed by atoms with Gasteiger partial charge in [-0.25, -0.2) is 4.79 Å². The lowest BCUT2D eigenvalue weighted by atomic mass is 10.0. The van der Waals surface area contributed by atoms with Gasteiger partial charge in [-0.3, -0.25) is 4.89 Å². The van der Waals surface area contributed by atoms with Crippen LogP contribution in [0.4, 0.5) is 11.4 Å². The van der Waals surface area contributed by atoms with Crippen molar-refractivity contribution in [2.75, 3.05) is 12.4 Å². The van der Waals surface area contributed by atoms with Gasteiger partial charge in [0.25, 0.3) is 0 Å². The quantitative estimate of drug-likeness (QED) is 0.679. The Bertz CT molecular complexity index is 665. The highest BCUT2D eigenvalue weighted by Gasteiger charge is 2.14. The average molecular weight is 285 g/mol. The molecule has 4 nitrogen and oxygen atoms in total. The Morgan fingerprint density at radius 3 is 2.38 bits per heavy atom. The van der Waals surface area contributed by atoms with Crippen LogP contribution in [0, 0.1) is 20.8 Å². The summed E-state index contributed by atoms with van der Waals surface area (Å²) in [4.78, 5) is 21.0. The van der Waals surface area contributed by atoms with Gasteiger partial charge in [-0.05, 0) is 49.6 Å². The van der Waals surface area contributed by atoms with E-state index in [2.05, 4.69) is 41.1 Å². The van der Waals surface area contributed by atoms with Crippen LogP contribution in [0.1, 0.15) is 27.0 Å². The van der Waals surface area contributed by atoms with E-state index < -0.39 is 5.97 Å². The first-order valence-corrected chi connectivity index (χ1v) is 6.72. The zero-order valence-electron chi connectivity index (χ0n) is 12.7. The first kappa shape index (κ1) is 15.1. The zero-order chi connectivity index (χ0) is 15.4. The fourth-order valence-corrected chi connectivity index (χ4v) is 2.17. The number of benzene rings is 2. The number of carbonyl (C=O) groups is 1. The smallest absolute Gasteiger partial charge is 0.354 e. The van der Waals surface area contributed by atoms with Gasteiger partial charge in [0, 0.05) is 5.69 Å². The monoisotopic (exact) mass is 285 g/mol. The lowest BCUT2D eigenvalue weighted by Crippen LogP contribution is -2.08. The second-order valence-electron chi connectivity index (χ2n) is 4.91. The number of carbonyl (C=O) groups excluding carboxylic acids is 1. The Hall–Kier alpha value is -2.33. The topological polar surface area (TPSA) is 47.6 Å². The number of hydrogen-bond acceptors (Lipinski definition) is 4. The minimum atomic E-state index is -0.524. The summed E-state index contributed by atoms with van der Waals surface area (Å²) in [6.45, 7) is 6.15. The van der Waals surface area contributed by atoms with E-state index in [1.165, 1.54) is 12.7 Å². The largest absolute Gasteiger partial charge is 0.375 e. The molecule has 0 spiro atoms. The Labute approximate surface area is 124 Å². The Morgan fingerprint density at radius 2 is 1.67 bits per heavy atom. The van der Waals surface area contributed by atoms with Crippen LogP contribution in [0.2, 0.25) is 0 Å². The van der Waals surface area contributed by atoms with E-state index >= 15 is 0 Å². The first-order valence-electron chi connectivity index (χ1n) is 6.72. The van der Waals surface area contributed by atoms with Crippen molar-refractivity contribution in [3.05, 3.63) is 58.7 Å². The first-order chi connectivity index (χ1) is 10.0.